The van der Waals surface area contributed by atoms with Crippen molar-refractivity contribution >= 4 is 5.82 Å². The molecule has 0 atom stereocenters. The minimum Gasteiger partial charge on any atom is -0.290 e. The predicted octanol–water partition coefficient (Wildman–Crippen LogP) is 1.19. The van der Waals surface area contributed by atoms with Crippen LogP contribution in [-0.4, -0.2) is 10.2 Å². The van der Waals surface area contributed by atoms with Gasteiger partial charge in [-0.2, -0.15) is 0 Å². The van der Waals surface area contributed by atoms with Crippen molar-refractivity contribution in [2.24, 2.45) is 0 Å². The molecule has 1 rings (SSSR count). The van der Waals surface area contributed by atoms with E-state index < -0.39 is 0 Å². The fourth-order valence-corrected chi connectivity index (χ4v) is 0.605. The molecule has 0 aliphatic carbocycles. The minimum absolute atomic E-state index is 0.481. The number of hydrogen-bond donors (Lipinski definition) is 2. The summed E-state index contributed by atoms with van der Waals surface area (Å²) in [6, 6.07) is 5.37. The van der Waals surface area contributed by atoms with Crippen molar-refractivity contribution in [1.82, 2.24) is 4.98 Å². The van der Waals surface area contributed by atoms with Gasteiger partial charge in [0.15, 0.2) is 0 Å². The van der Waals surface area contributed by atoms with Gasteiger partial charge in [0, 0.05) is 5.69 Å². The Morgan fingerprint density at radius 1 is 1.56 bits per heavy atom. The Morgan fingerprint density at radius 3 is 2.78 bits per heavy atom. The van der Waals surface area contributed by atoms with E-state index in [-0.39, 0.29) is 0 Å². The topological polar surface area (TPSA) is 45.1 Å². The fourth-order valence-electron chi connectivity index (χ4n) is 0.605. The van der Waals surface area contributed by atoms with E-state index >= 15 is 0 Å². The molecule has 0 spiro atoms. The van der Waals surface area contributed by atoms with Crippen molar-refractivity contribution < 1.29 is 5.21 Å². The van der Waals surface area contributed by atoms with Crippen molar-refractivity contribution in [2.75, 3.05) is 5.48 Å². The Bertz CT molecular complexity index is 200. The Hall–Kier alpha value is -1.09. The highest BCUT2D eigenvalue weighted by atomic mass is 16.5. The zero-order valence-corrected chi connectivity index (χ0v) is 5.13. The lowest BCUT2D eigenvalue weighted by Gasteiger charge is -1.95. The van der Waals surface area contributed by atoms with Gasteiger partial charge in [-0.15, -0.1) is 0 Å². The lowest BCUT2D eigenvalue weighted by Crippen LogP contribution is -1.92. The van der Waals surface area contributed by atoms with Gasteiger partial charge in [0.25, 0.3) is 0 Å². The minimum atomic E-state index is 0.481. The number of nitrogens with zero attached hydrogens (tertiary/aromatic N) is 1. The molecule has 2 N–H and O–H groups in total. The highest BCUT2D eigenvalue weighted by Crippen LogP contribution is 2.00. The number of aryl methyl sites for hydroxylation is 1. The van der Waals surface area contributed by atoms with Crippen LogP contribution in [0.1, 0.15) is 5.69 Å². The Balaban J connectivity index is 2.94. The van der Waals surface area contributed by atoms with Crippen molar-refractivity contribution in [3.05, 3.63) is 23.9 Å². The number of aromatic nitrogens is 1. The lowest BCUT2D eigenvalue weighted by atomic mass is 10.4. The Morgan fingerprint density at radius 2 is 2.33 bits per heavy atom. The molecule has 0 aliphatic heterocycles. The largest absolute Gasteiger partial charge is 0.290 e. The third kappa shape index (κ3) is 1.40. The highest BCUT2D eigenvalue weighted by molar-refractivity contribution is 5.31. The van der Waals surface area contributed by atoms with Crippen LogP contribution in [0.15, 0.2) is 18.2 Å². The van der Waals surface area contributed by atoms with Crippen molar-refractivity contribution in [2.45, 2.75) is 6.92 Å². The van der Waals surface area contributed by atoms with Crippen LogP contribution in [-0.2, 0) is 0 Å². The Labute approximate surface area is 53.3 Å². The van der Waals surface area contributed by atoms with Gasteiger partial charge in [0.05, 0.1) is 0 Å². The summed E-state index contributed by atoms with van der Waals surface area (Å²) in [5, 5.41) is 8.35. The van der Waals surface area contributed by atoms with E-state index in [2.05, 4.69) is 4.98 Å². The second kappa shape index (κ2) is 2.46. The molecule has 0 fully saturated rings. The zero-order chi connectivity index (χ0) is 6.69. The summed E-state index contributed by atoms with van der Waals surface area (Å²) in [5.41, 5.74) is 2.84. The number of anilines is 1. The van der Waals surface area contributed by atoms with Gasteiger partial charge >= 0.3 is 0 Å². The molecule has 1 aromatic heterocycles. The van der Waals surface area contributed by atoms with Crippen LogP contribution in [0, 0.1) is 6.92 Å². The van der Waals surface area contributed by atoms with Crippen molar-refractivity contribution in [3.63, 3.8) is 0 Å². The van der Waals surface area contributed by atoms with Gasteiger partial charge in [-0.25, -0.2) is 4.98 Å². The number of pyridine rings is 1. The summed E-state index contributed by atoms with van der Waals surface area (Å²) in [4.78, 5) is 3.93. The molecular formula is C6H8N2O. The van der Waals surface area contributed by atoms with Crippen LogP contribution in [0.25, 0.3) is 0 Å². The molecule has 0 radical (unpaired) electrons. The van der Waals surface area contributed by atoms with Crippen LogP contribution < -0.4 is 5.48 Å². The maximum absolute atomic E-state index is 8.35. The molecule has 48 valence electrons. The van der Waals surface area contributed by atoms with Crippen molar-refractivity contribution in [1.29, 1.82) is 0 Å². The van der Waals surface area contributed by atoms with Crippen LogP contribution in [0.4, 0.5) is 5.82 Å². The molecule has 0 bridgehead atoms. The molecule has 0 amide bonds. The van der Waals surface area contributed by atoms with E-state index in [0.29, 0.717) is 5.82 Å². The fraction of sp³-hybridized carbons (Fsp3) is 0.167. The molecule has 0 aromatic carbocycles. The smallest absolute Gasteiger partial charge is 0.149 e. The standard InChI is InChI=1S/C6H8N2O/c1-5-3-2-4-6(7-5)8-9/h2-4,9H,1H3,(H,7,8). The lowest BCUT2D eigenvalue weighted by molar-refractivity contribution is 0.386. The third-order valence-electron chi connectivity index (χ3n) is 1.00. The molecule has 1 aromatic rings. The summed E-state index contributed by atoms with van der Waals surface area (Å²) in [6.45, 7) is 1.86. The monoisotopic (exact) mass is 124 g/mol. The van der Waals surface area contributed by atoms with Gasteiger partial charge in [-0.3, -0.25) is 10.7 Å². The molecule has 0 aliphatic rings. The Kier molecular flexibility index (Phi) is 1.65. The summed E-state index contributed by atoms with van der Waals surface area (Å²) >= 11 is 0. The normalized spacial score (nSPS) is 9.11. The van der Waals surface area contributed by atoms with Crippen LogP contribution in [0.2, 0.25) is 0 Å². The SMILES string of the molecule is Cc1cccc(NO)n1. The van der Waals surface area contributed by atoms with Gasteiger partial charge in [0.2, 0.25) is 0 Å². The average Bonchev–Trinajstić information content (AvgIpc) is 1.88. The van der Waals surface area contributed by atoms with Gasteiger partial charge < -0.3 is 0 Å². The molecule has 3 nitrogen and oxygen atoms in total. The highest BCUT2D eigenvalue weighted by Gasteiger charge is 1.87. The van der Waals surface area contributed by atoms with Crippen LogP contribution >= 0.6 is 0 Å². The predicted molar refractivity (Wildman–Crippen MR) is 34.4 cm³/mol. The van der Waals surface area contributed by atoms with E-state index in [1.54, 1.807) is 6.07 Å². The maximum atomic E-state index is 8.35. The summed E-state index contributed by atoms with van der Waals surface area (Å²) in [7, 11) is 0. The van der Waals surface area contributed by atoms with Gasteiger partial charge in [0.1, 0.15) is 5.82 Å². The second-order valence-electron chi connectivity index (χ2n) is 1.78. The van der Waals surface area contributed by atoms with Crippen LogP contribution in [0.3, 0.4) is 0 Å². The van der Waals surface area contributed by atoms with E-state index in [1.165, 1.54) is 0 Å². The maximum Gasteiger partial charge on any atom is 0.149 e. The summed E-state index contributed by atoms with van der Waals surface area (Å²) < 4.78 is 0. The number of nitrogens with one attached hydrogen (secondary N) is 1. The first kappa shape index (κ1) is 6.04. The molecule has 0 saturated carbocycles. The molecule has 9 heavy (non-hydrogen) atoms. The van der Waals surface area contributed by atoms with Crippen LogP contribution in [0.5, 0.6) is 0 Å². The number of hydrogen-bond acceptors (Lipinski definition) is 3. The van der Waals surface area contributed by atoms with Gasteiger partial charge in [-0.05, 0) is 19.1 Å². The van der Waals surface area contributed by atoms with E-state index in [9.17, 15) is 0 Å². The first-order valence-electron chi connectivity index (χ1n) is 2.66. The molecular weight excluding hydrogens is 116 g/mol. The van der Waals surface area contributed by atoms with E-state index in [1.807, 2.05) is 24.5 Å². The zero-order valence-electron chi connectivity index (χ0n) is 5.13. The first-order chi connectivity index (χ1) is 4.33. The molecule has 3 heteroatoms. The van der Waals surface area contributed by atoms with E-state index in [4.69, 9.17) is 5.21 Å². The average molecular weight is 124 g/mol. The quantitative estimate of drug-likeness (QED) is 0.553. The summed E-state index contributed by atoms with van der Waals surface area (Å²) in [6.07, 6.45) is 0. The third-order valence-corrected chi connectivity index (χ3v) is 1.00. The molecule has 1 heterocycles. The first-order valence-corrected chi connectivity index (χ1v) is 2.66. The van der Waals surface area contributed by atoms with E-state index in [0.717, 1.165) is 5.69 Å². The number of rotatable bonds is 1. The summed E-state index contributed by atoms with van der Waals surface area (Å²) in [5.74, 6) is 0.481. The molecule has 0 unspecified atom stereocenters. The van der Waals surface area contributed by atoms with Gasteiger partial charge in [-0.1, -0.05) is 6.07 Å². The van der Waals surface area contributed by atoms with Crippen molar-refractivity contribution in [3.8, 4) is 0 Å². The second-order valence-corrected chi connectivity index (χ2v) is 1.78. The molecule has 0 saturated heterocycles.